The van der Waals surface area contributed by atoms with Crippen LogP contribution in [-0.2, 0) is 10.1 Å². The summed E-state index contributed by atoms with van der Waals surface area (Å²) in [4.78, 5) is 0. The van der Waals surface area contributed by atoms with Crippen LogP contribution in [-0.4, -0.2) is 31.1 Å². The highest BCUT2D eigenvalue weighted by Crippen LogP contribution is 2.23. The smallest absolute Gasteiger partial charge is 0.345 e. The molecule has 0 saturated heterocycles. The molecule has 0 radical (unpaired) electrons. The Bertz CT molecular complexity index is 839. The van der Waals surface area contributed by atoms with Crippen molar-refractivity contribution in [2.75, 3.05) is 0 Å². The lowest BCUT2D eigenvalue weighted by Crippen LogP contribution is -2.37. The Hall–Kier alpha value is -1.32. The zero-order chi connectivity index (χ0) is 20.3. The van der Waals surface area contributed by atoms with Crippen molar-refractivity contribution in [2.45, 2.75) is 57.9 Å². The molecular formula is C17H26F3NO3SSi. The minimum atomic E-state index is -5.84. The Morgan fingerprint density at radius 2 is 1.73 bits per heavy atom. The van der Waals surface area contributed by atoms with E-state index in [0.717, 1.165) is 0 Å². The van der Waals surface area contributed by atoms with Crippen LogP contribution >= 0.6 is 0 Å². The van der Waals surface area contributed by atoms with Crippen LogP contribution < -0.4 is 5.19 Å². The number of halogens is 3. The predicted molar refractivity (Wildman–Crippen MR) is 102 cm³/mol. The third kappa shape index (κ3) is 5.59. The Labute approximate surface area is 153 Å². The molecule has 1 N–H and O–H groups in total. The predicted octanol–water partition coefficient (Wildman–Crippen LogP) is 4.94. The van der Waals surface area contributed by atoms with Gasteiger partial charge in [-0.05, 0) is 30.9 Å². The maximum absolute atomic E-state index is 10.7. The molecule has 2 aromatic rings. The van der Waals surface area contributed by atoms with Gasteiger partial charge in [0.15, 0.2) is 0 Å². The molecule has 0 bridgehead atoms. The maximum atomic E-state index is 10.7. The van der Waals surface area contributed by atoms with Crippen LogP contribution in [0.2, 0.25) is 19.6 Å². The number of hydrogen-bond acceptors (Lipinski definition) is 2. The van der Waals surface area contributed by atoms with Crippen molar-refractivity contribution in [1.29, 1.82) is 0 Å². The normalized spacial score (nSPS) is 14.0. The van der Waals surface area contributed by atoms with Crippen molar-refractivity contribution in [1.82, 2.24) is 4.57 Å². The quantitative estimate of drug-likeness (QED) is 0.442. The van der Waals surface area contributed by atoms with E-state index in [4.69, 9.17) is 13.0 Å². The van der Waals surface area contributed by atoms with Gasteiger partial charge < -0.3 is 4.57 Å². The first-order valence-electron chi connectivity index (χ1n) is 8.34. The molecule has 26 heavy (non-hydrogen) atoms. The second-order valence-electron chi connectivity index (χ2n) is 7.27. The number of alkyl halides is 3. The molecule has 0 fully saturated rings. The lowest BCUT2D eigenvalue weighted by molar-refractivity contribution is -0.0510. The molecule has 1 atom stereocenters. The van der Waals surface area contributed by atoms with E-state index in [1.165, 1.54) is 23.7 Å². The maximum Gasteiger partial charge on any atom is 0.522 e. The van der Waals surface area contributed by atoms with E-state index in [1.807, 2.05) is 0 Å². The molecule has 0 spiro atoms. The second-order valence-corrected chi connectivity index (χ2v) is 13.7. The monoisotopic (exact) mass is 409 g/mol. The lowest BCUT2D eigenvalue weighted by Gasteiger charge is -2.19. The fourth-order valence-corrected chi connectivity index (χ4v) is 4.40. The topological polar surface area (TPSA) is 59.3 Å². The summed E-state index contributed by atoms with van der Waals surface area (Å²) in [5, 5.41) is 3.06. The summed E-state index contributed by atoms with van der Waals surface area (Å²) in [5.41, 5.74) is -4.12. The van der Waals surface area contributed by atoms with Crippen molar-refractivity contribution in [3.63, 3.8) is 0 Å². The molecule has 0 amide bonds. The molecule has 1 heterocycles. The lowest BCUT2D eigenvalue weighted by atomic mass is 10.2. The van der Waals surface area contributed by atoms with E-state index in [9.17, 15) is 13.2 Å². The van der Waals surface area contributed by atoms with Gasteiger partial charge >= 0.3 is 15.6 Å². The van der Waals surface area contributed by atoms with Crippen molar-refractivity contribution < 1.29 is 26.1 Å². The van der Waals surface area contributed by atoms with Gasteiger partial charge in [-0.2, -0.15) is 21.6 Å². The molecule has 4 nitrogen and oxygen atoms in total. The number of rotatable bonds is 4. The number of hydrogen-bond donors (Lipinski definition) is 1. The van der Waals surface area contributed by atoms with E-state index in [0.29, 0.717) is 6.04 Å². The molecule has 2 rings (SSSR count). The number of fused-ring (bicyclic) bond motifs is 1. The molecule has 0 aliphatic carbocycles. The van der Waals surface area contributed by atoms with Gasteiger partial charge in [-0.25, -0.2) is 0 Å². The van der Waals surface area contributed by atoms with Crippen LogP contribution in [0.5, 0.6) is 0 Å². The SMILES string of the molecule is CCCC(C)n1ccc2c([Si](C)(C)C)cccc21.O=S(=O)(O)C(F)(F)F. The van der Waals surface area contributed by atoms with Crippen LogP contribution in [0.4, 0.5) is 13.2 Å². The third-order valence-electron chi connectivity index (χ3n) is 4.04. The minimum absolute atomic E-state index is 0.601. The second kappa shape index (κ2) is 8.14. The summed E-state index contributed by atoms with van der Waals surface area (Å²) in [6, 6.07) is 9.73. The molecule has 1 aromatic carbocycles. The number of nitrogens with zero attached hydrogens (tertiary/aromatic N) is 1. The molecule has 0 aliphatic heterocycles. The summed E-state index contributed by atoms with van der Waals surface area (Å²) in [6.45, 7) is 11.9. The minimum Gasteiger partial charge on any atom is -0.345 e. The van der Waals surface area contributed by atoms with E-state index in [1.54, 1.807) is 5.19 Å². The first-order chi connectivity index (χ1) is 11.7. The van der Waals surface area contributed by atoms with E-state index in [2.05, 4.69) is 68.5 Å². The zero-order valence-corrected chi connectivity index (χ0v) is 17.4. The molecule has 1 aromatic heterocycles. The van der Waals surface area contributed by atoms with Crippen molar-refractivity contribution in [3.8, 4) is 0 Å². The van der Waals surface area contributed by atoms with Crippen LogP contribution in [0, 0.1) is 0 Å². The summed E-state index contributed by atoms with van der Waals surface area (Å²) in [6.07, 6.45) is 4.77. The summed E-state index contributed by atoms with van der Waals surface area (Å²) >= 11 is 0. The summed E-state index contributed by atoms with van der Waals surface area (Å²) in [5.74, 6) is 0. The average Bonchev–Trinajstić information content (AvgIpc) is 2.88. The Kier molecular flexibility index (Phi) is 7.11. The summed E-state index contributed by atoms with van der Waals surface area (Å²) in [7, 11) is -7.09. The molecule has 0 aliphatic rings. The van der Waals surface area contributed by atoms with Gasteiger partial charge in [-0.3, -0.25) is 4.55 Å². The van der Waals surface area contributed by atoms with Gasteiger partial charge in [0.2, 0.25) is 0 Å². The first-order valence-corrected chi connectivity index (χ1v) is 13.3. The fourth-order valence-electron chi connectivity index (χ4n) is 2.78. The highest BCUT2D eigenvalue weighted by Gasteiger charge is 2.44. The van der Waals surface area contributed by atoms with E-state index >= 15 is 0 Å². The molecule has 9 heteroatoms. The molecule has 0 saturated carbocycles. The Morgan fingerprint density at radius 3 is 2.15 bits per heavy atom. The number of benzene rings is 1. The van der Waals surface area contributed by atoms with Gasteiger partial charge in [-0.15, -0.1) is 0 Å². The van der Waals surface area contributed by atoms with Crippen molar-refractivity contribution >= 4 is 34.3 Å². The van der Waals surface area contributed by atoms with Gasteiger partial charge in [-0.1, -0.05) is 50.3 Å². The van der Waals surface area contributed by atoms with Crippen molar-refractivity contribution in [3.05, 3.63) is 30.5 Å². The van der Waals surface area contributed by atoms with Crippen LogP contribution in [0.1, 0.15) is 32.7 Å². The van der Waals surface area contributed by atoms with Crippen LogP contribution in [0.25, 0.3) is 10.9 Å². The Balaban J connectivity index is 0.000000359. The van der Waals surface area contributed by atoms with Gasteiger partial charge in [0.25, 0.3) is 0 Å². The summed E-state index contributed by atoms with van der Waals surface area (Å²) < 4.78 is 60.0. The highest BCUT2D eigenvalue weighted by molar-refractivity contribution is 7.86. The van der Waals surface area contributed by atoms with Crippen LogP contribution in [0.15, 0.2) is 30.5 Å². The van der Waals surface area contributed by atoms with Gasteiger partial charge in [0.05, 0.1) is 8.07 Å². The molecule has 148 valence electrons. The largest absolute Gasteiger partial charge is 0.522 e. The van der Waals surface area contributed by atoms with Crippen LogP contribution in [0.3, 0.4) is 0 Å². The van der Waals surface area contributed by atoms with Gasteiger partial charge in [0.1, 0.15) is 0 Å². The average molecular weight is 410 g/mol. The first kappa shape index (κ1) is 22.7. The number of aromatic nitrogens is 1. The zero-order valence-electron chi connectivity index (χ0n) is 15.6. The standard InChI is InChI=1S/C16H25NSi.CHF3O3S/c1-6-8-13(2)17-12-11-14-15(17)9-7-10-16(14)18(3,4)5;2-1(3,4)8(5,6)7/h7,9-13H,6,8H2,1-5H3;(H,5,6,7). The highest BCUT2D eigenvalue weighted by atomic mass is 32.2. The van der Waals surface area contributed by atoms with Gasteiger partial charge in [0, 0.05) is 17.8 Å². The molecule has 1 unspecified atom stereocenters. The fraction of sp³-hybridized carbons (Fsp3) is 0.529. The molecular weight excluding hydrogens is 383 g/mol. The van der Waals surface area contributed by atoms with Crippen molar-refractivity contribution in [2.24, 2.45) is 0 Å². The van der Waals surface area contributed by atoms with E-state index < -0.39 is 23.7 Å². The third-order valence-corrected chi connectivity index (χ3v) is 6.68. The Morgan fingerprint density at radius 1 is 1.19 bits per heavy atom. The van der Waals surface area contributed by atoms with E-state index in [-0.39, 0.29) is 0 Å².